The SMILES string of the molecule is Cn1nnc(-c2ccccc2O)c1C=O. The van der Waals surface area contributed by atoms with Crippen LogP contribution in [0.1, 0.15) is 10.5 Å². The van der Waals surface area contributed by atoms with Crippen LogP contribution >= 0.6 is 0 Å². The van der Waals surface area contributed by atoms with E-state index in [0.717, 1.165) is 0 Å². The second-order valence-corrected chi connectivity index (χ2v) is 3.08. The number of phenols is 1. The fourth-order valence-electron chi connectivity index (χ4n) is 1.36. The maximum atomic E-state index is 10.8. The highest BCUT2D eigenvalue weighted by Crippen LogP contribution is 2.28. The van der Waals surface area contributed by atoms with Crippen LogP contribution in [0.15, 0.2) is 24.3 Å². The van der Waals surface area contributed by atoms with Crippen molar-refractivity contribution in [3.63, 3.8) is 0 Å². The van der Waals surface area contributed by atoms with Crippen LogP contribution in [-0.4, -0.2) is 26.4 Å². The maximum Gasteiger partial charge on any atom is 0.170 e. The molecule has 5 heteroatoms. The molecule has 2 rings (SSSR count). The van der Waals surface area contributed by atoms with E-state index in [-0.39, 0.29) is 5.75 Å². The lowest BCUT2D eigenvalue weighted by Gasteiger charge is -2.00. The number of carbonyl (C=O) groups is 1. The summed E-state index contributed by atoms with van der Waals surface area (Å²) in [7, 11) is 1.63. The topological polar surface area (TPSA) is 68.0 Å². The number of hydrogen-bond donors (Lipinski definition) is 1. The van der Waals surface area contributed by atoms with Gasteiger partial charge >= 0.3 is 0 Å². The van der Waals surface area contributed by atoms with Crippen LogP contribution in [0.25, 0.3) is 11.3 Å². The highest BCUT2D eigenvalue weighted by Gasteiger charge is 2.14. The Labute approximate surface area is 86.0 Å². The smallest absolute Gasteiger partial charge is 0.170 e. The molecule has 1 aromatic carbocycles. The first-order valence-corrected chi connectivity index (χ1v) is 4.37. The summed E-state index contributed by atoms with van der Waals surface area (Å²) in [6, 6.07) is 6.69. The lowest BCUT2D eigenvalue weighted by Crippen LogP contribution is -1.97. The van der Waals surface area contributed by atoms with Gasteiger partial charge in [-0.1, -0.05) is 17.3 Å². The number of rotatable bonds is 2. The lowest BCUT2D eigenvalue weighted by atomic mass is 10.1. The van der Waals surface area contributed by atoms with Crippen molar-refractivity contribution in [3.05, 3.63) is 30.0 Å². The van der Waals surface area contributed by atoms with Gasteiger partial charge in [0.1, 0.15) is 17.1 Å². The molecule has 15 heavy (non-hydrogen) atoms. The molecule has 0 unspecified atom stereocenters. The summed E-state index contributed by atoms with van der Waals surface area (Å²) in [6.07, 6.45) is 0.668. The molecule has 0 saturated heterocycles. The summed E-state index contributed by atoms with van der Waals surface area (Å²) in [6.45, 7) is 0. The summed E-state index contributed by atoms with van der Waals surface area (Å²) in [5.74, 6) is 0.0844. The molecule has 0 atom stereocenters. The predicted octanol–water partition coefficient (Wildman–Crippen LogP) is 1.00. The third-order valence-corrected chi connectivity index (χ3v) is 2.14. The monoisotopic (exact) mass is 203 g/mol. The first-order valence-electron chi connectivity index (χ1n) is 4.37. The van der Waals surface area contributed by atoms with Crippen molar-refractivity contribution >= 4 is 6.29 Å². The van der Waals surface area contributed by atoms with Crippen LogP contribution < -0.4 is 0 Å². The van der Waals surface area contributed by atoms with Gasteiger partial charge in [0.25, 0.3) is 0 Å². The van der Waals surface area contributed by atoms with Crippen molar-refractivity contribution in [3.8, 4) is 17.0 Å². The van der Waals surface area contributed by atoms with E-state index in [1.54, 1.807) is 31.3 Å². The average Bonchev–Trinajstić information content (AvgIpc) is 2.60. The molecule has 0 aliphatic rings. The summed E-state index contributed by atoms with van der Waals surface area (Å²) in [5, 5.41) is 17.2. The second-order valence-electron chi connectivity index (χ2n) is 3.08. The number of phenolic OH excluding ortho intramolecular Hbond substituents is 1. The highest BCUT2D eigenvalue weighted by atomic mass is 16.3. The second kappa shape index (κ2) is 3.53. The van der Waals surface area contributed by atoms with Crippen LogP contribution in [0, 0.1) is 0 Å². The first-order chi connectivity index (χ1) is 7.24. The number of aromatic nitrogens is 3. The van der Waals surface area contributed by atoms with Crippen molar-refractivity contribution in [1.82, 2.24) is 15.0 Å². The molecule has 1 heterocycles. The van der Waals surface area contributed by atoms with E-state index in [0.29, 0.717) is 23.2 Å². The number of aryl methyl sites for hydroxylation is 1. The molecule has 0 aliphatic carbocycles. The Bertz CT molecular complexity index is 505. The Morgan fingerprint density at radius 2 is 2.13 bits per heavy atom. The summed E-state index contributed by atoms with van der Waals surface area (Å²) < 4.78 is 1.37. The fraction of sp³-hybridized carbons (Fsp3) is 0.100. The summed E-state index contributed by atoms with van der Waals surface area (Å²) >= 11 is 0. The third kappa shape index (κ3) is 1.48. The number of benzene rings is 1. The number of nitrogens with zero attached hydrogens (tertiary/aromatic N) is 3. The van der Waals surface area contributed by atoms with Crippen LogP contribution in [0.3, 0.4) is 0 Å². The molecule has 0 radical (unpaired) electrons. The Balaban J connectivity index is 2.64. The van der Waals surface area contributed by atoms with Crippen LogP contribution in [-0.2, 0) is 7.05 Å². The molecule has 1 N–H and O–H groups in total. The van der Waals surface area contributed by atoms with Crippen LogP contribution in [0.4, 0.5) is 0 Å². The molecule has 0 saturated carbocycles. The van der Waals surface area contributed by atoms with Crippen molar-refractivity contribution < 1.29 is 9.90 Å². The Hall–Kier alpha value is -2.17. The van der Waals surface area contributed by atoms with E-state index >= 15 is 0 Å². The first kappa shape index (κ1) is 9.39. The number of aldehydes is 1. The van der Waals surface area contributed by atoms with Gasteiger partial charge in [0.2, 0.25) is 0 Å². The zero-order valence-electron chi connectivity index (χ0n) is 8.08. The summed E-state index contributed by atoms with van der Waals surface area (Å²) in [4.78, 5) is 10.8. The minimum atomic E-state index is 0.0844. The molecule has 0 spiro atoms. The Morgan fingerprint density at radius 3 is 2.80 bits per heavy atom. The van der Waals surface area contributed by atoms with Gasteiger partial charge in [-0.05, 0) is 12.1 Å². The molecule has 2 aromatic rings. The summed E-state index contributed by atoms with van der Waals surface area (Å²) in [5.41, 5.74) is 1.25. The Kier molecular flexibility index (Phi) is 2.21. The van der Waals surface area contributed by atoms with E-state index in [1.165, 1.54) is 4.68 Å². The quantitative estimate of drug-likeness (QED) is 0.739. The number of aromatic hydroxyl groups is 1. The zero-order valence-corrected chi connectivity index (χ0v) is 8.08. The van der Waals surface area contributed by atoms with Crippen LogP contribution in [0.5, 0.6) is 5.75 Å². The van der Waals surface area contributed by atoms with E-state index < -0.39 is 0 Å². The van der Waals surface area contributed by atoms with E-state index in [9.17, 15) is 9.90 Å². The molecular formula is C10H9N3O2. The van der Waals surface area contributed by atoms with Gasteiger partial charge < -0.3 is 5.11 Å². The molecule has 0 bridgehead atoms. The van der Waals surface area contributed by atoms with Crippen molar-refractivity contribution in [2.24, 2.45) is 7.05 Å². The van der Waals surface area contributed by atoms with Gasteiger partial charge in [0.15, 0.2) is 6.29 Å². The van der Waals surface area contributed by atoms with Crippen molar-refractivity contribution in [2.45, 2.75) is 0 Å². The average molecular weight is 203 g/mol. The van der Waals surface area contributed by atoms with Crippen LogP contribution in [0.2, 0.25) is 0 Å². The van der Waals surface area contributed by atoms with Gasteiger partial charge in [0.05, 0.1) is 0 Å². The van der Waals surface area contributed by atoms with E-state index in [2.05, 4.69) is 10.3 Å². The fourth-order valence-corrected chi connectivity index (χ4v) is 1.36. The third-order valence-electron chi connectivity index (χ3n) is 2.14. The highest BCUT2D eigenvalue weighted by molar-refractivity contribution is 5.84. The normalized spacial score (nSPS) is 10.2. The van der Waals surface area contributed by atoms with Gasteiger partial charge in [-0.2, -0.15) is 0 Å². The van der Waals surface area contributed by atoms with E-state index in [4.69, 9.17) is 0 Å². The molecule has 5 nitrogen and oxygen atoms in total. The molecule has 0 fully saturated rings. The zero-order chi connectivity index (χ0) is 10.8. The molecular weight excluding hydrogens is 194 g/mol. The minimum absolute atomic E-state index is 0.0844. The predicted molar refractivity (Wildman–Crippen MR) is 53.5 cm³/mol. The van der Waals surface area contributed by atoms with E-state index in [1.807, 2.05) is 0 Å². The van der Waals surface area contributed by atoms with Gasteiger partial charge in [-0.25, -0.2) is 4.68 Å². The van der Waals surface area contributed by atoms with Gasteiger partial charge in [-0.3, -0.25) is 4.79 Å². The maximum absolute atomic E-state index is 10.8. The van der Waals surface area contributed by atoms with Gasteiger partial charge in [-0.15, -0.1) is 5.10 Å². The van der Waals surface area contributed by atoms with Gasteiger partial charge in [0, 0.05) is 12.6 Å². The minimum Gasteiger partial charge on any atom is -0.507 e. The van der Waals surface area contributed by atoms with Crippen molar-refractivity contribution in [1.29, 1.82) is 0 Å². The molecule has 0 aliphatic heterocycles. The number of hydrogen-bond acceptors (Lipinski definition) is 4. The standard InChI is InChI=1S/C10H9N3O2/c1-13-8(6-14)10(11-12-13)7-4-2-3-5-9(7)15/h2-6,15H,1H3. The molecule has 76 valence electrons. The van der Waals surface area contributed by atoms with Crippen molar-refractivity contribution in [2.75, 3.05) is 0 Å². The Morgan fingerprint density at radius 1 is 1.40 bits per heavy atom. The number of carbonyl (C=O) groups excluding carboxylic acids is 1. The molecule has 0 amide bonds. The largest absolute Gasteiger partial charge is 0.507 e. The molecule has 1 aromatic heterocycles. The lowest BCUT2D eigenvalue weighted by molar-refractivity contribution is 0.111. The number of para-hydroxylation sites is 1.